The smallest absolute Gasteiger partial charge is 0.250 e. The van der Waals surface area contributed by atoms with Crippen LogP contribution in [0.1, 0.15) is 12.8 Å². The molecule has 0 radical (unpaired) electrons. The lowest BCUT2D eigenvalue weighted by Gasteiger charge is -2.36. The third-order valence-corrected chi connectivity index (χ3v) is 7.69. The topological polar surface area (TPSA) is 103 Å². The van der Waals surface area contributed by atoms with Crippen molar-refractivity contribution in [3.8, 4) is 11.1 Å². The fourth-order valence-corrected chi connectivity index (χ4v) is 5.40. The predicted molar refractivity (Wildman–Crippen MR) is 119 cm³/mol. The van der Waals surface area contributed by atoms with Gasteiger partial charge in [-0.15, -0.1) is 0 Å². The number of nitrogens with zero attached hydrogens (tertiary/aromatic N) is 4. The van der Waals surface area contributed by atoms with E-state index < -0.39 is 27.7 Å². The van der Waals surface area contributed by atoms with Gasteiger partial charge in [0.2, 0.25) is 15.9 Å². The van der Waals surface area contributed by atoms with Gasteiger partial charge in [-0.05, 0) is 42.2 Å². The van der Waals surface area contributed by atoms with Crippen LogP contribution in [0.15, 0.2) is 48.8 Å². The number of hydrogen-bond acceptors (Lipinski definition) is 7. The van der Waals surface area contributed by atoms with Gasteiger partial charge in [0, 0.05) is 63.4 Å². The monoisotopic (exact) mass is 460 g/mol. The van der Waals surface area contributed by atoms with Crippen LogP contribution in [-0.2, 0) is 19.6 Å². The zero-order chi connectivity index (χ0) is 22.6. The summed E-state index contributed by atoms with van der Waals surface area (Å²) < 4.78 is 32.1. The number of carbonyl (C=O) groups excluding carboxylic acids is 1. The molecule has 1 aromatic heterocycles. The summed E-state index contributed by atoms with van der Waals surface area (Å²) in [5.41, 5.74) is 3.13. The number of benzene rings is 1. The van der Waals surface area contributed by atoms with Crippen LogP contribution in [0.25, 0.3) is 11.1 Å². The Labute approximate surface area is 188 Å². The highest BCUT2D eigenvalue weighted by molar-refractivity contribution is 7.89. The second-order valence-corrected chi connectivity index (χ2v) is 9.98. The number of sulfonamides is 1. The quantitative estimate of drug-likeness (QED) is 0.518. The number of hydroxylamine groups is 2. The van der Waals surface area contributed by atoms with Crippen molar-refractivity contribution in [2.75, 3.05) is 50.2 Å². The Balaban J connectivity index is 1.32. The van der Waals surface area contributed by atoms with Crippen molar-refractivity contribution in [2.24, 2.45) is 5.92 Å². The molecule has 9 nitrogen and oxygen atoms in total. The number of aromatic nitrogens is 1. The van der Waals surface area contributed by atoms with Gasteiger partial charge in [0.15, 0.2) is 5.88 Å². The third kappa shape index (κ3) is 5.26. The van der Waals surface area contributed by atoms with E-state index in [0.717, 1.165) is 16.8 Å². The second kappa shape index (κ2) is 9.95. The minimum Gasteiger partial charge on any atom is -0.381 e. The molecule has 172 valence electrons. The molecule has 2 saturated heterocycles. The first-order valence-electron chi connectivity index (χ1n) is 10.8. The van der Waals surface area contributed by atoms with Gasteiger partial charge in [-0.3, -0.25) is 15.0 Å². The average molecular weight is 461 g/mol. The molecule has 2 fully saturated rings. The second-order valence-electron chi connectivity index (χ2n) is 8.04. The van der Waals surface area contributed by atoms with E-state index in [9.17, 15) is 18.4 Å². The van der Waals surface area contributed by atoms with E-state index >= 15 is 0 Å². The largest absolute Gasteiger partial charge is 0.381 e. The van der Waals surface area contributed by atoms with Gasteiger partial charge in [-0.25, -0.2) is 13.5 Å². The van der Waals surface area contributed by atoms with Crippen molar-refractivity contribution in [3.05, 3.63) is 48.8 Å². The molecule has 0 bridgehead atoms. The molecule has 0 spiro atoms. The van der Waals surface area contributed by atoms with Crippen LogP contribution in [0.5, 0.6) is 0 Å². The Bertz CT molecular complexity index is 1000. The van der Waals surface area contributed by atoms with Crippen LogP contribution >= 0.6 is 0 Å². The van der Waals surface area contributed by atoms with Gasteiger partial charge in [0.1, 0.15) is 0 Å². The van der Waals surface area contributed by atoms with E-state index in [0.29, 0.717) is 57.3 Å². The Morgan fingerprint density at radius 1 is 1.06 bits per heavy atom. The summed E-state index contributed by atoms with van der Waals surface area (Å²) in [4.78, 5) is 18.6. The summed E-state index contributed by atoms with van der Waals surface area (Å²) in [6, 6.07) is 12.0. The van der Waals surface area contributed by atoms with Crippen LogP contribution in [0.2, 0.25) is 0 Å². The fraction of sp³-hybridized carbons (Fsp3) is 0.455. The summed E-state index contributed by atoms with van der Waals surface area (Å²) in [5.74, 6) is -1.66. The lowest BCUT2D eigenvalue weighted by molar-refractivity contribution is -0.169. The van der Waals surface area contributed by atoms with Gasteiger partial charge >= 0.3 is 0 Å². The molecule has 2 aliphatic rings. The first kappa shape index (κ1) is 22.7. The number of ether oxygens (including phenoxy) is 1. The Hall–Kier alpha value is -2.53. The molecule has 2 aromatic rings. The molecule has 0 saturated carbocycles. The summed E-state index contributed by atoms with van der Waals surface area (Å²) in [5, 5.41) is 10.5. The normalized spacial score (nSPS) is 18.5. The molecule has 0 atom stereocenters. The minimum absolute atomic E-state index is 0.298. The molecular weight excluding hydrogens is 432 g/mol. The predicted octanol–water partition coefficient (Wildman–Crippen LogP) is 1.80. The summed E-state index contributed by atoms with van der Waals surface area (Å²) in [6.07, 6.45) is 4.54. The Kier molecular flexibility index (Phi) is 7.04. The zero-order valence-electron chi connectivity index (χ0n) is 17.8. The van der Waals surface area contributed by atoms with E-state index in [1.54, 1.807) is 6.20 Å². The van der Waals surface area contributed by atoms with E-state index in [1.165, 1.54) is 4.31 Å². The average Bonchev–Trinajstić information content (AvgIpc) is 2.84. The van der Waals surface area contributed by atoms with Gasteiger partial charge in [-0.2, -0.15) is 4.31 Å². The molecule has 1 amide bonds. The van der Waals surface area contributed by atoms with Crippen LogP contribution < -0.4 is 4.90 Å². The Morgan fingerprint density at radius 2 is 1.75 bits per heavy atom. The van der Waals surface area contributed by atoms with Crippen molar-refractivity contribution in [1.29, 1.82) is 0 Å². The maximum atomic E-state index is 12.8. The number of rotatable bonds is 6. The molecule has 1 N–H and O–H groups in total. The van der Waals surface area contributed by atoms with Gasteiger partial charge < -0.3 is 9.64 Å². The highest BCUT2D eigenvalue weighted by Gasteiger charge is 2.33. The molecule has 3 heterocycles. The van der Waals surface area contributed by atoms with Crippen LogP contribution in [-0.4, -0.2) is 79.2 Å². The van der Waals surface area contributed by atoms with Crippen LogP contribution in [0.3, 0.4) is 0 Å². The number of anilines is 1. The lowest BCUT2D eigenvalue weighted by atomic mass is 10.00. The first-order valence-corrected chi connectivity index (χ1v) is 12.4. The maximum Gasteiger partial charge on any atom is 0.250 e. The van der Waals surface area contributed by atoms with Crippen molar-refractivity contribution < 1.29 is 23.2 Å². The Morgan fingerprint density at radius 3 is 2.38 bits per heavy atom. The number of piperazine rings is 1. The van der Waals surface area contributed by atoms with Gasteiger partial charge in [0.05, 0.1) is 0 Å². The maximum absolute atomic E-state index is 12.8. The molecule has 10 heteroatoms. The zero-order valence-corrected chi connectivity index (χ0v) is 18.7. The number of hydrogen-bond donors (Lipinski definition) is 1. The van der Waals surface area contributed by atoms with Gasteiger partial charge in [-0.1, -0.05) is 18.2 Å². The van der Waals surface area contributed by atoms with E-state index in [4.69, 9.17) is 4.74 Å². The summed E-state index contributed by atoms with van der Waals surface area (Å²) >= 11 is 0. The SMILES string of the molecule is O=C(C1CCOCC1)N(O)CS(=O)(=O)N1CCN(c2ccc(-c3cccnc3)cc2)CC1. The third-order valence-electron chi connectivity index (χ3n) is 5.97. The lowest BCUT2D eigenvalue weighted by Crippen LogP contribution is -2.51. The fourth-order valence-electron chi connectivity index (χ4n) is 4.08. The van der Waals surface area contributed by atoms with E-state index in [2.05, 4.69) is 9.88 Å². The van der Waals surface area contributed by atoms with Crippen molar-refractivity contribution in [3.63, 3.8) is 0 Å². The highest BCUT2D eigenvalue weighted by atomic mass is 32.2. The molecule has 4 rings (SSSR count). The van der Waals surface area contributed by atoms with Crippen LogP contribution in [0, 0.1) is 5.92 Å². The minimum atomic E-state index is -3.79. The van der Waals surface area contributed by atoms with Crippen molar-refractivity contribution >= 4 is 21.6 Å². The van der Waals surface area contributed by atoms with Crippen molar-refractivity contribution in [2.45, 2.75) is 12.8 Å². The van der Waals surface area contributed by atoms with Gasteiger partial charge in [0.25, 0.3) is 0 Å². The summed E-state index contributed by atoms with van der Waals surface area (Å²) in [7, 11) is -3.79. The number of amides is 1. The standard InChI is InChI=1S/C22H28N4O5S/c27-22(19-7-14-31-15-8-19)26(28)17-32(29,30)25-12-10-24(11-13-25)21-5-3-18(4-6-21)20-2-1-9-23-16-20/h1-6,9,16,19,28H,7-8,10-15,17H2. The van der Waals surface area contributed by atoms with E-state index in [-0.39, 0.29) is 0 Å². The molecule has 1 aromatic carbocycles. The molecular formula is C22H28N4O5S. The van der Waals surface area contributed by atoms with Crippen LogP contribution in [0.4, 0.5) is 5.69 Å². The van der Waals surface area contributed by atoms with Crippen molar-refractivity contribution in [1.82, 2.24) is 14.4 Å². The number of pyridine rings is 1. The highest BCUT2D eigenvalue weighted by Crippen LogP contribution is 2.24. The molecule has 32 heavy (non-hydrogen) atoms. The van der Waals surface area contributed by atoms with E-state index in [1.807, 2.05) is 42.6 Å². The molecule has 0 unspecified atom stereocenters. The first-order chi connectivity index (χ1) is 15.4. The number of carbonyl (C=O) groups is 1. The molecule has 0 aliphatic carbocycles. The molecule has 2 aliphatic heterocycles. The summed E-state index contributed by atoms with van der Waals surface area (Å²) in [6.45, 7) is 2.55.